The summed E-state index contributed by atoms with van der Waals surface area (Å²) in [6, 6.07) is 4.53. The zero-order valence-electron chi connectivity index (χ0n) is 12.3. The third kappa shape index (κ3) is 2.92. The molecule has 1 aromatic heterocycles. The summed E-state index contributed by atoms with van der Waals surface area (Å²) in [5, 5.41) is 7.25. The highest BCUT2D eigenvalue weighted by Crippen LogP contribution is 2.36. The number of nitrogens with one attached hydrogen (secondary N) is 2. The van der Waals surface area contributed by atoms with Gasteiger partial charge in [0, 0.05) is 17.4 Å². The minimum Gasteiger partial charge on any atom is -0.454 e. The molecule has 4 rings (SSSR count). The number of thiazole rings is 1. The Hall–Kier alpha value is -2.26. The third-order valence-corrected chi connectivity index (χ3v) is 4.59. The average Bonchev–Trinajstić information content (AvgIpc) is 3.25. The van der Waals surface area contributed by atoms with Crippen molar-refractivity contribution in [1.29, 1.82) is 0 Å². The number of benzene rings is 1. The van der Waals surface area contributed by atoms with Crippen LogP contribution in [0, 0.1) is 0 Å². The molecule has 1 fully saturated rings. The fourth-order valence-corrected chi connectivity index (χ4v) is 3.34. The minimum absolute atomic E-state index is 0.191. The number of carbonyl (C=O) groups excluding carboxylic acids is 1. The van der Waals surface area contributed by atoms with E-state index in [9.17, 15) is 13.6 Å². The van der Waals surface area contributed by atoms with Gasteiger partial charge in [-0.25, -0.2) is 13.8 Å². The summed E-state index contributed by atoms with van der Waals surface area (Å²) in [6.07, 6.45) is -0.501. The van der Waals surface area contributed by atoms with Crippen LogP contribution in [0.4, 0.5) is 13.9 Å². The Labute approximate surface area is 139 Å². The summed E-state index contributed by atoms with van der Waals surface area (Å²) in [4.78, 5) is 16.4. The molecule has 2 aliphatic rings. The number of amides is 1. The van der Waals surface area contributed by atoms with Gasteiger partial charge in [0.1, 0.15) is 0 Å². The van der Waals surface area contributed by atoms with Gasteiger partial charge < -0.3 is 14.8 Å². The second-order valence-electron chi connectivity index (χ2n) is 5.59. The number of nitrogens with zero attached hydrogens (tertiary/aromatic N) is 1. The third-order valence-electron chi connectivity index (χ3n) is 3.83. The summed E-state index contributed by atoms with van der Waals surface area (Å²) < 4.78 is 36.9. The first-order valence-electron chi connectivity index (χ1n) is 7.28. The van der Waals surface area contributed by atoms with E-state index < -0.39 is 30.8 Å². The first-order valence-corrected chi connectivity index (χ1v) is 8.16. The Morgan fingerprint density at radius 2 is 2.21 bits per heavy atom. The first kappa shape index (κ1) is 15.3. The van der Waals surface area contributed by atoms with Crippen molar-refractivity contribution in [2.45, 2.75) is 18.4 Å². The van der Waals surface area contributed by atoms with Gasteiger partial charge in [-0.15, -0.1) is 11.3 Å². The van der Waals surface area contributed by atoms with Gasteiger partial charge in [0.2, 0.25) is 12.7 Å². The number of ether oxygens (including phenoxy) is 2. The molecule has 1 saturated heterocycles. The van der Waals surface area contributed by atoms with E-state index in [2.05, 4.69) is 15.6 Å². The van der Waals surface area contributed by atoms with Crippen molar-refractivity contribution in [1.82, 2.24) is 10.3 Å². The first-order chi connectivity index (χ1) is 11.5. The smallest absolute Gasteiger partial charge is 0.262 e. The van der Waals surface area contributed by atoms with Gasteiger partial charge in [-0.3, -0.25) is 10.1 Å². The Morgan fingerprint density at radius 3 is 3.00 bits per heavy atom. The molecule has 2 aromatic rings. The summed E-state index contributed by atoms with van der Waals surface area (Å²) in [7, 11) is 0. The molecule has 126 valence electrons. The molecule has 0 saturated carbocycles. The molecular weight excluding hydrogens is 340 g/mol. The van der Waals surface area contributed by atoms with E-state index in [0.717, 1.165) is 5.56 Å². The fraction of sp³-hybridized carbons (Fsp3) is 0.333. The molecule has 1 atom stereocenters. The number of aromatic nitrogens is 1. The Kier molecular flexibility index (Phi) is 3.61. The largest absolute Gasteiger partial charge is 0.454 e. The number of hydrogen-bond donors (Lipinski definition) is 2. The SMILES string of the molecule is O=C(Nc1nc(-c2ccc3c(c2)OCO3)cs1)C1CC(F)(F)CN1. The van der Waals surface area contributed by atoms with E-state index >= 15 is 0 Å². The molecule has 2 aliphatic heterocycles. The maximum atomic E-state index is 13.2. The van der Waals surface area contributed by atoms with Crippen molar-refractivity contribution in [2.24, 2.45) is 0 Å². The number of hydrogen-bond acceptors (Lipinski definition) is 6. The molecule has 0 spiro atoms. The molecule has 1 amide bonds. The van der Waals surface area contributed by atoms with E-state index in [1.807, 2.05) is 12.1 Å². The normalized spacial score (nSPS) is 21.0. The van der Waals surface area contributed by atoms with Gasteiger partial charge in [-0.1, -0.05) is 0 Å². The number of carbonyl (C=O) groups is 1. The minimum atomic E-state index is -2.84. The van der Waals surface area contributed by atoms with Crippen molar-refractivity contribution in [3.05, 3.63) is 23.6 Å². The maximum absolute atomic E-state index is 13.2. The highest BCUT2D eigenvalue weighted by Gasteiger charge is 2.42. The molecule has 2 N–H and O–H groups in total. The van der Waals surface area contributed by atoms with Crippen LogP contribution in [0.3, 0.4) is 0 Å². The highest BCUT2D eigenvalue weighted by atomic mass is 32.1. The number of rotatable bonds is 3. The predicted molar refractivity (Wildman–Crippen MR) is 83.7 cm³/mol. The van der Waals surface area contributed by atoms with E-state index in [1.165, 1.54) is 11.3 Å². The van der Waals surface area contributed by atoms with Crippen LogP contribution in [-0.2, 0) is 4.79 Å². The lowest BCUT2D eigenvalue weighted by Gasteiger charge is -2.09. The molecule has 0 radical (unpaired) electrons. The molecule has 1 unspecified atom stereocenters. The maximum Gasteiger partial charge on any atom is 0.262 e. The Balaban J connectivity index is 1.46. The van der Waals surface area contributed by atoms with Gasteiger partial charge in [0.05, 0.1) is 18.3 Å². The average molecular weight is 353 g/mol. The molecule has 24 heavy (non-hydrogen) atoms. The van der Waals surface area contributed by atoms with Crippen LogP contribution >= 0.6 is 11.3 Å². The van der Waals surface area contributed by atoms with Crippen molar-refractivity contribution >= 4 is 22.4 Å². The molecule has 0 aliphatic carbocycles. The van der Waals surface area contributed by atoms with Gasteiger partial charge in [0.25, 0.3) is 5.92 Å². The molecule has 1 aromatic carbocycles. The Bertz CT molecular complexity index is 796. The topological polar surface area (TPSA) is 72.5 Å². The number of anilines is 1. The highest BCUT2D eigenvalue weighted by molar-refractivity contribution is 7.14. The van der Waals surface area contributed by atoms with Gasteiger partial charge >= 0.3 is 0 Å². The summed E-state index contributed by atoms with van der Waals surface area (Å²) in [6.45, 7) is -0.290. The standard InChI is InChI=1S/C15H13F2N3O3S/c16-15(17)4-9(18-6-15)13(21)20-14-19-10(5-24-14)8-1-2-11-12(3-8)23-7-22-11/h1-3,5,9,18H,4,6-7H2,(H,19,20,21). The van der Waals surface area contributed by atoms with Crippen LogP contribution in [0.25, 0.3) is 11.3 Å². The van der Waals surface area contributed by atoms with E-state index in [-0.39, 0.29) is 6.79 Å². The number of alkyl halides is 2. The fourth-order valence-electron chi connectivity index (χ4n) is 2.61. The second kappa shape index (κ2) is 5.67. The zero-order valence-corrected chi connectivity index (χ0v) is 13.2. The van der Waals surface area contributed by atoms with Crippen molar-refractivity contribution in [3.8, 4) is 22.8 Å². The van der Waals surface area contributed by atoms with Gasteiger partial charge in [-0.2, -0.15) is 0 Å². The molecule has 9 heteroatoms. The van der Waals surface area contributed by atoms with Crippen LogP contribution in [-0.4, -0.2) is 36.2 Å². The summed E-state index contributed by atoms with van der Waals surface area (Å²) in [5.41, 5.74) is 1.49. The molecule has 3 heterocycles. The molecular formula is C15H13F2N3O3S. The quantitative estimate of drug-likeness (QED) is 0.887. The van der Waals surface area contributed by atoms with Gasteiger partial charge in [-0.05, 0) is 18.2 Å². The molecule has 6 nitrogen and oxygen atoms in total. The summed E-state index contributed by atoms with van der Waals surface area (Å²) in [5.74, 6) is -2.03. The number of halogens is 2. The molecule has 0 bridgehead atoms. The lowest BCUT2D eigenvalue weighted by Crippen LogP contribution is -2.35. The van der Waals surface area contributed by atoms with E-state index in [0.29, 0.717) is 22.3 Å². The van der Waals surface area contributed by atoms with Crippen molar-refractivity contribution < 1.29 is 23.0 Å². The lowest BCUT2D eigenvalue weighted by molar-refractivity contribution is -0.118. The van der Waals surface area contributed by atoms with Crippen LogP contribution < -0.4 is 20.1 Å². The second-order valence-corrected chi connectivity index (χ2v) is 6.45. The van der Waals surface area contributed by atoms with Crippen LogP contribution in [0.5, 0.6) is 11.5 Å². The van der Waals surface area contributed by atoms with Crippen molar-refractivity contribution in [3.63, 3.8) is 0 Å². The van der Waals surface area contributed by atoms with Crippen molar-refractivity contribution in [2.75, 3.05) is 18.7 Å². The van der Waals surface area contributed by atoms with E-state index in [4.69, 9.17) is 9.47 Å². The van der Waals surface area contributed by atoms with Crippen LogP contribution in [0.15, 0.2) is 23.6 Å². The predicted octanol–water partition coefficient (Wildman–Crippen LogP) is 2.47. The van der Waals surface area contributed by atoms with Crippen LogP contribution in [0.2, 0.25) is 0 Å². The summed E-state index contributed by atoms with van der Waals surface area (Å²) >= 11 is 1.23. The monoisotopic (exact) mass is 353 g/mol. The van der Waals surface area contributed by atoms with Gasteiger partial charge in [0.15, 0.2) is 16.6 Å². The van der Waals surface area contributed by atoms with E-state index in [1.54, 1.807) is 11.4 Å². The lowest BCUT2D eigenvalue weighted by atomic mass is 10.1. The van der Waals surface area contributed by atoms with Crippen LogP contribution in [0.1, 0.15) is 6.42 Å². The Morgan fingerprint density at radius 1 is 1.38 bits per heavy atom. The number of fused-ring (bicyclic) bond motifs is 1. The zero-order chi connectivity index (χ0) is 16.7.